The second kappa shape index (κ2) is 8.55. The summed E-state index contributed by atoms with van der Waals surface area (Å²) in [5.74, 6) is 0.941. The van der Waals surface area contributed by atoms with Crippen molar-refractivity contribution in [3.63, 3.8) is 0 Å². The van der Waals surface area contributed by atoms with Crippen LogP contribution in [0.15, 0.2) is 67.3 Å². The second-order valence-corrected chi connectivity index (χ2v) is 8.60. The fraction of sp³-hybridized carbons (Fsp3) is 0.269. The Kier molecular flexibility index (Phi) is 5.45. The molecular formula is C26H27N5O. The minimum atomic E-state index is 0.0637. The van der Waals surface area contributed by atoms with Crippen molar-refractivity contribution in [2.24, 2.45) is 7.05 Å². The van der Waals surface area contributed by atoms with E-state index in [1.54, 1.807) is 12.3 Å². The minimum Gasteiger partial charge on any atom is -0.357 e. The summed E-state index contributed by atoms with van der Waals surface area (Å²) >= 11 is 0. The predicted molar refractivity (Wildman–Crippen MR) is 128 cm³/mol. The van der Waals surface area contributed by atoms with Crippen molar-refractivity contribution in [1.29, 1.82) is 0 Å². The molecule has 32 heavy (non-hydrogen) atoms. The van der Waals surface area contributed by atoms with Crippen LogP contribution in [-0.2, 0) is 13.5 Å². The predicted octanol–water partition coefficient (Wildman–Crippen LogP) is 3.81. The minimum absolute atomic E-state index is 0.0637. The van der Waals surface area contributed by atoms with E-state index < -0.39 is 0 Å². The molecular weight excluding hydrogens is 398 g/mol. The van der Waals surface area contributed by atoms with Crippen LogP contribution in [-0.4, -0.2) is 58.4 Å². The Morgan fingerprint density at radius 1 is 0.906 bits per heavy atom. The number of hydrogen-bond donors (Lipinski definition) is 0. The molecule has 4 aromatic rings. The number of piperazine rings is 1. The maximum atomic E-state index is 13.0. The van der Waals surface area contributed by atoms with Crippen LogP contribution < -0.4 is 4.90 Å². The van der Waals surface area contributed by atoms with E-state index in [2.05, 4.69) is 57.3 Å². The smallest absolute Gasteiger partial charge is 0.169 e. The standard InChI is InChI=1S/C26H27N5O/c1-29-9-11-31(12-10-29)26-15-20(5-7-27-26)25(32)16-24-14-23-13-19(3-4-21(23)17-28-24)22-6-8-30(2)18-22/h3-8,13-15,17-18H,9-12,16H2,1-2H3. The van der Waals surface area contributed by atoms with E-state index in [0.29, 0.717) is 5.56 Å². The van der Waals surface area contributed by atoms with Gasteiger partial charge >= 0.3 is 0 Å². The number of benzene rings is 1. The van der Waals surface area contributed by atoms with Gasteiger partial charge in [-0.3, -0.25) is 9.78 Å². The Bertz CT molecular complexity index is 1270. The summed E-state index contributed by atoms with van der Waals surface area (Å²) in [6, 6.07) is 14.2. The number of nitrogens with zero attached hydrogens (tertiary/aromatic N) is 5. The fourth-order valence-electron chi connectivity index (χ4n) is 4.20. The van der Waals surface area contributed by atoms with E-state index in [1.807, 2.05) is 36.1 Å². The van der Waals surface area contributed by atoms with Crippen LogP contribution in [0.5, 0.6) is 0 Å². The summed E-state index contributed by atoms with van der Waals surface area (Å²) in [5, 5.41) is 2.17. The van der Waals surface area contributed by atoms with Gasteiger partial charge in [-0.15, -0.1) is 0 Å². The zero-order chi connectivity index (χ0) is 22.1. The van der Waals surface area contributed by atoms with E-state index in [0.717, 1.165) is 54.0 Å². The number of fused-ring (bicyclic) bond motifs is 1. The van der Waals surface area contributed by atoms with E-state index in [1.165, 1.54) is 5.56 Å². The van der Waals surface area contributed by atoms with Gasteiger partial charge < -0.3 is 14.4 Å². The molecule has 1 saturated heterocycles. The van der Waals surface area contributed by atoms with Gasteiger partial charge in [0.05, 0.1) is 6.42 Å². The lowest BCUT2D eigenvalue weighted by Gasteiger charge is -2.33. The van der Waals surface area contributed by atoms with Gasteiger partial charge in [-0.05, 0) is 53.9 Å². The third-order valence-electron chi connectivity index (χ3n) is 6.18. The van der Waals surface area contributed by atoms with E-state index in [-0.39, 0.29) is 12.2 Å². The molecule has 0 amide bonds. The average molecular weight is 426 g/mol. The number of rotatable bonds is 5. The van der Waals surface area contributed by atoms with Crippen molar-refractivity contribution in [1.82, 2.24) is 19.4 Å². The van der Waals surface area contributed by atoms with Gasteiger partial charge in [0.2, 0.25) is 0 Å². The first-order valence-corrected chi connectivity index (χ1v) is 11.0. The Morgan fingerprint density at radius 3 is 2.53 bits per heavy atom. The molecule has 0 aliphatic carbocycles. The lowest BCUT2D eigenvalue weighted by molar-refractivity contribution is 0.0992. The van der Waals surface area contributed by atoms with Crippen molar-refractivity contribution in [3.05, 3.63) is 78.5 Å². The number of aromatic nitrogens is 3. The quantitative estimate of drug-likeness (QED) is 0.455. The van der Waals surface area contributed by atoms with E-state index >= 15 is 0 Å². The van der Waals surface area contributed by atoms with Gasteiger partial charge in [0, 0.05) is 74.7 Å². The maximum Gasteiger partial charge on any atom is 0.169 e. The highest BCUT2D eigenvalue weighted by Crippen LogP contribution is 2.25. The first-order valence-electron chi connectivity index (χ1n) is 11.0. The van der Waals surface area contributed by atoms with Gasteiger partial charge in [-0.2, -0.15) is 0 Å². The van der Waals surface area contributed by atoms with Crippen LogP contribution >= 0.6 is 0 Å². The molecule has 1 aliphatic heterocycles. The molecule has 6 nitrogen and oxygen atoms in total. The van der Waals surface area contributed by atoms with Crippen LogP contribution in [0, 0.1) is 0 Å². The zero-order valence-corrected chi connectivity index (χ0v) is 18.5. The number of likely N-dealkylation sites (N-methyl/N-ethyl adjacent to an activating group) is 1. The molecule has 0 bridgehead atoms. The SMILES string of the molecule is CN1CCN(c2cc(C(=O)Cc3cc4cc(-c5ccn(C)c5)ccc4cn3)ccn2)CC1. The Morgan fingerprint density at radius 2 is 1.75 bits per heavy atom. The summed E-state index contributed by atoms with van der Waals surface area (Å²) < 4.78 is 2.04. The molecule has 1 aliphatic rings. The first-order chi connectivity index (χ1) is 15.5. The molecule has 0 saturated carbocycles. The number of carbonyl (C=O) groups excluding carboxylic acids is 1. The summed E-state index contributed by atoms with van der Waals surface area (Å²) in [6.45, 7) is 3.87. The molecule has 5 rings (SSSR count). The number of Topliss-reactive ketones (excluding diaryl/α,β-unsaturated/α-hetero) is 1. The number of aryl methyl sites for hydroxylation is 1. The second-order valence-electron chi connectivity index (χ2n) is 8.60. The number of carbonyl (C=O) groups is 1. The average Bonchev–Trinajstić information content (AvgIpc) is 3.25. The molecule has 1 aromatic carbocycles. The molecule has 0 unspecified atom stereocenters. The van der Waals surface area contributed by atoms with Crippen molar-refractivity contribution in [3.8, 4) is 11.1 Å². The van der Waals surface area contributed by atoms with Crippen molar-refractivity contribution < 1.29 is 4.79 Å². The highest BCUT2D eigenvalue weighted by atomic mass is 16.1. The Labute approximate surface area is 188 Å². The number of ketones is 1. The van der Waals surface area contributed by atoms with Crippen molar-refractivity contribution in [2.75, 3.05) is 38.1 Å². The van der Waals surface area contributed by atoms with Gasteiger partial charge in [0.25, 0.3) is 0 Å². The molecule has 3 aromatic heterocycles. The van der Waals surface area contributed by atoms with Gasteiger partial charge in [-0.1, -0.05) is 12.1 Å². The largest absolute Gasteiger partial charge is 0.357 e. The highest BCUT2D eigenvalue weighted by Gasteiger charge is 2.17. The number of hydrogen-bond acceptors (Lipinski definition) is 5. The maximum absolute atomic E-state index is 13.0. The third kappa shape index (κ3) is 4.27. The molecule has 1 fully saturated rings. The topological polar surface area (TPSA) is 54.3 Å². The van der Waals surface area contributed by atoms with Crippen molar-refractivity contribution in [2.45, 2.75) is 6.42 Å². The fourth-order valence-corrected chi connectivity index (χ4v) is 4.20. The first kappa shape index (κ1) is 20.4. The van der Waals surface area contributed by atoms with E-state index in [9.17, 15) is 4.79 Å². The lowest BCUT2D eigenvalue weighted by Crippen LogP contribution is -2.44. The van der Waals surface area contributed by atoms with Crippen molar-refractivity contribution >= 4 is 22.4 Å². The molecule has 162 valence electrons. The van der Waals surface area contributed by atoms with Crippen LogP contribution in [0.3, 0.4) is 0 Å². The lowest BCUT2D eigenvalue weighted by atomic mass is 10.0. The third-order valence-corrected chi connectivity index (χ3v) is 6.18. The Balaban J connectivity index is 1.36. The summed E-state index contributed by atoms with van der Waals surface area (Å²) in [6.07, 6.45) is 8.02. The summed E-state index contributed by atoms with van der Waals surface area (Å²) in [4.78, 5) is 26.6. The summed E-state index contributed by atoms with van der Waals surface area (Å²) in [5.41, 5.74) is 3.81. The molecule has 0 atom stereocenters. The molecule has 0 N–H and O–H groups in total. The van der Waals surface area contributed by atoms with Gasteiger partial charge in [0.1, 0.15) is 5.82 Å². The van der Waals surface area contributed by atoms with Crippen LogP contribution in [0.4, 0.5) is 5.82 Å². The molecule has 4 heterocycles. The van der Waals surface area contributed by atoms with Crippen LogP contribution in [0.2, 0.25) is 0 Å². The van der Waals surface area contributed by atoms with E-state index in [4.69, 9.17) is 0 Å². The van der Waals surface area contributed by atoms with Gasteiger partial charge in [-0.25, -0.2) is 4.98 Å². The molecule has 0 radical (unpaired) electrons. The van der Waals surface area contributed by atoms with Crippen LogP contribution in [0.25, 0.3) is 21.9 Å². The summed E-state index contributed by atoms with van der Waals surface area (Å²) in [7, 11) is 4.15. The van der Waals surface area contributed by atoms with Gasteiger partial charge in [0.15, 0.2) is 5.78 Å². The molecule has 6 heteroatoms. The number of anilines is 1. The molecule has 0 spiro atoms. The number of pyridine rings is 2. The normalized spacial score (nSPS) is 14.8. The zero-order valence-electron chi connectivity index (χ0n) is 18.5. The van der Waals surface area contributed by atoms with Crippen LogP contribution in [0.1, 0.15) is 16.1 Å². The monoisotopic (exact) mass is 425 g/mol. The highest BCUT2D eigenvalue weighted by molar-refractivity contribution is 5.98. The Hall–Kier alpha value is -3.51.